The van der Waals surface area contributed by atoms with E-state index in [2.05, 4.69) is 0 Å². The molecule has 2 saturated heterocycles. The van der Waals surface area contributed by atoms with Crippen LogP contribution in [0.5, 0.6) is 0 Å². The fourth-order valence-electron chi connectivity index (χ4n) is 4.38. The Hall–Kier alpha value is -2.78. The summed E-state index contributed by atoms with van der Waals surface area (Å²) >= 11 is 0. The Labute approximate surface area is 192 Å². The van der Waals surface area contributed by atoms with Crippen LogP contribution in [-0.2, 0) is 19.1 Å². The third-order valence-corrected chi connectivity index (χ3v) is 6.00. The molecule has 10 heteroatoms. The van der Waals surface area contributed by atoms with Crippen molar-refractivity contribution in [3.8, 4) is 0 Å². The Kier molecular flexibility index (Phi) is 7.63. The maximum Gasteiger partial charge on any atom is 0.320 e. The molecule has 0 aliphatic carbocycles. The molecule has 0 N–H and O–H groups in total. The highest BCUT2D eigenvalue weighted by Gasteiger charge is 2.46. The molecule has 4 rings (SSSR count). The average molecular weight is 464 g/mol. The SMILES string of the molecule is Cl.O=C(CN1CCCCC1)OCCN1C(=O)CCC(N2C(=O)c3ccccc3C2=O)C1=O. The quantitative estimate of drug-likeness (QED) is 0.462. The Morgan fingerprint density at radius 3 is 2.22 bits per heavy atom. The molecule has 1 unspecified atom stereocenters. The molecule has 1 aromatic rings. The van der Waals surface area contributed by atoms with E-state index in [0.29, 0.717) is 0 Å². The van der Waals surface area contributed by atoms with Crippen molar-refractivity contribution < 1.29 is 28.7 Å². The smallest absolute Gasteiger partial charge is 0.320 e. The van der Waals surface area contributed by atoms with E-state index in [-0.39, 0.29) is 56.1 Å². The topological polar surface area (TPSA) is 104 Å². The number of ether oxygens (including phenoxy) is 1. The van der Waals surface area contributed by atoms with E-state index < -0.39 is 35.6 Å². The number of hydrogen-bond donors (Lipinski definition) is 0. The van der Waals surface area contributed by atoms with Gasteiger partial charge in [0, 0.05) is 6.42 Å². The average Bonchev–Trinajstić information content (AvgIpc) is 3.02. The summed E-state index contributed by atoms with van der Waals surface area (Å²) in [7, 11) is 0. The van der Waals surface area contributed by atoms with Crippen molar-refractivity contribution in [1.82, 2.24) is 14.7 Å². The molecule has 172 valence electrons. The zero-order chi connectivity index (χ0) is 22.0. The Balaban J connectivity index is 0.00000289. The van der Waals surface area contributed by atoms with Gasteiger partial charge >= 0.3 is 5.97 Å². The molecule has 0 radical (unpaired) electrons. The molecule has 1 atom stereocenters. The van der Waals surface area contributed by atoms with E-state index in [9.17, 15) is 24.0 Å². The third kappa shape index (κ3) is 4.68. The van der Waals surface area contributed by atoms with Gasteiger partial charge in [-0.05, 0) is 44.5 Å². The van der Waals surface area contributed by atoms with E-state index in [0.717, 1.165) is 35.7 Å². The number of halogens is 1. The molecule has 3 aliphatic rings. The van der Waals surface area contributed by atoms with E-state index in [1.807, 2.05) is 4.90 Å². The summed E-state index contributed by atoms with van der Waals surface area (Å²) in [6, 6.07) is 5.38. The minimum Gasteiger partial charge on any atom is -0.463 e. The number of rotatable bonds is 6. The Bertz CT molecular complexity index is 895. The third-order valence-electron chi connectivity index (χ3n) is 6.00. The standard InChI is InChI=1S/C22H25N3O6.ClH/c26-18-9-8-17(25-20(28)15-6-2-3-7-16(15)21(25)29)22(30)24(18)12-13-31-19(27)14-23-10-4-1-5-11-23;/h2-3,6-7,17H,1,4-5,8-14H2;1H. The van der Waals surface area contributed by atoms with Gasteiger partial charge in [0.1, 0.15) is 12.6 Å². The van der Waals surface area contributed by atoms with Gasteiger partial charge < -0.3 is 4.74 Å². The first-order valence-electron chi connectivity index (χ1n) is 10.7. The van der Waals surface area contributed by atoms with Crippen molar-refractivity contribution in [2.24, 2.45) is 0 Å². The van der Waals surface area contributed by atoms with Crippen LogP contribution in [0.4, 0.5) is 0 Å². The Morgan fingerprint density at radius 2 is 1.59 bits per heavy atom. The largest absolute Gasteiger partial charge is 0.463 e. The molecular weight excluding hydrogens is 438 g/mol. The number of carbonyl (C=O) groups excluding carboxylic acids is 5. The number of likely N-dealkylation sites (tertiary alicyclic amines) is 2. The summed E-state index contributed by atoms with van der Waals surface area (Å²) in [4.78, 5) is 66.7. The molecule has 32 heavy (non-hydrogen) atoms. The van der Waals surface area contributed by atoms with Crippen LogP contribution < -0.4 is 0 Å². The highest BCUT2D eigenvalue weighted by molar-refractivity contribution is 6.23. The lowest BCUT2D eigenvalue weighted by Crippen LogP contribution is -2.56. The fourth-order valence-corrected chi connectivity index (χ4v) is 4.38. The summed E-state index contributed by atoms with van der Waals surface area (Å²) in [5, 5.41) is 0. The summed E-state index contributed by atoms with van der Waals surface area (Å²) in [5.41, 5.74) is 0.519. The number of esters is 1. The van der Waals surface area contributed by atoms with E-state index in [4.69, 9.17) is 4.74 Å². The van der Waals surface area contributed by atoms with E-state index in [1.165, 1.54) is 6.42 Å². The van der Waals surface area contributed by atoms with Gasteiger partial charge in [-0.15, -0.1) is 12.4 Å². The lowest BCUT2D eigenvalue weighted by molar-refractivity contribution is -0.156. The molecule has 0 bridgehead atoms. The molecule has 9 nitrogen and oxygen atoms in total. The number of amides is 4. The van der Waals surface area contributed by atoms with E-state index >= 15 is 0 Å². The summed E-state index contributed by atoms with van der Waals surface area (Å²) in [6.07, 6.45) is 3.41. The zero-order valence-corrected chi connectivity index (χ0v) is 18.5. The number of fused-ring (bicyclic) bond motifs is 1. The van der Waals surface area contributed by atoms with Crippen LogP contribution in [-0.4, -0.2) is 83.1 Å². The lowest BCUT2D eigenvalue weighted by Gasteiger charge is -2.34. The molecule has 0 aromatic heterocycles. The molecule has 4 amide bonds. The number of carbonyl (C=O) groups is 5. The normalized spacial score (nSPS) is 21.4. The lowest BCUT2D eigenvalue weighted by atomic mass is 10.0. The molecule has 1 aromatic carbocycles. The first-order chi connectivity index (χ1) is 15.0. The molecule has 0 spiro atoms. The molecule has 3 aliphatic heterocycles. The van der Waals surface area contributed by atoms with Crippen molar-refractivity contribution in [3.63, 3.8) is 0 Å². The van der Waals surface area contributed by atoms with Gasteiger partial charge in [0.25, 0.3) is 17.7 Å². The summed E-state index contributed by atoms with van der Waals surface area (Å²) < 4.78 is 5.22. The first-order valence-corrected chi connectivity index (χ1v) is 10.7. The van der Waals surface area contributed by atoms with Crippen LogP contribution in [0.1, 0.15) is 52.8 Å². The second-order valence-electron chi connectivity index (χ2n) is 8.02. The van der Waals surface area contributed by atoms with Crippen molar-refractivity contribution in [3.05, 3.63) is 35.4 Å². The van der Waals surface area contributed by atoms with Gasteiger partial charge in [-0.1, -0.05) is 18.6 Å². The number of nitrogens with zero attached hydrogens (tertiary/aromatic N) is 3. The van der Waals surface area contributed by atoms with Crippen LogP contribution in [0, 0.1) is 0 Å². The number of hydrogen-bond acceptors (Lipinski definition) is 7. The second-order valence-corrected chi connectivity index (χ2v) is 8.02. The van der Waals surface area contributed by atoms with Gasteiger partial charge in [0.15, 0.2) is 0 Å². The minimum atomic E-state index is -1.03. The van der Waals surface area contributed by atoms with Crippen LogP contribution in [0.3, 0.4) is 0 Å². The van der Waals surface area contributed by atoms with Gasteiger partial charge in [0.2, 0.25) is 5.91 Å². The van der Waals surface area contributed by atoms with Crippen LogP contribution in [0.25, 0.3) is 0 Å². The number of imide groups is 2. The highest BCUT2D eigenvalue weighted by atomic mass is 35.5. The first kappa shape index (κ1) is 23.9. The van der Waals surface area contributed by atoms with Gasteiger partial charge in [-0.25, -0.2) is 0 Å². The predicted molar refractivity (Wildman–Crippen MR) is 115 cm³/mol. The maximum atomic E-state index is 13.0. The molecule has 0 saturated carbocycles. The highest BCUT2D eigenvalue weighted by Crippen LogP contribution is 2.28. The van der Waals surface area contributed by atoms with Gasteiger partial charge in [-0.2, -0.15) is 0 Å². The zero-order valence-electron chi connectivity index (χ0n) is 17.7. The maximum absolute atomic E-state index is 13.0. The summed E-state index contributed by atoms with van der Waals surface area (Å²) in [5.74, 6) is -2.46. The fraction of sp³-hybridized carbons (Fsp3) is 0.500. The monoisotopic (exact) mass is 463 g/mol. The van der Waals surface area contributed by atoms with Crippen LogP contribution >= 0.6 is 12.4 Å². The predicted octanol–water partition coefficient (Wildman–Crippen LogP) is 1.25. The summed E-state index contributed by atoms with van der Waals surface area (Å²) in [6.45, 7) is 1.71. The van der Waals surface area contributed by atoms with Crippen molar-refractivity contribution in [2.45, 2.75) is 38.1 Å². The molecular formula is C22H26ClN3O6. The minimum absolute atomic E-state index is 0. The Morgan fingerprint density at radius 1 is 0.969 bits per heavy atom. The second kappa shape index (κ2) is 10.2. The van der Waals surface area contributed by atoms with Gasteiger partial charge in [0.05, 0.1) is 24.2 Å². The van der Waals surface area contributed by atoms with Crippen molar-refractivity contribution >= 4 is 42.0 Å². The van der Waals surface area contributed by atoms with E-state index in [1.54, 1.807) is 24.3 Å². The van der Waals surface area contributed by atoms with Crippen LogP contribution in [0.2, 0.25) is 0 Å². The molecule has 3 heterocycles. The van der Waals surface area contributed by atoms with Crippen molar-refractivity contribution in [1.29, 1.82) is 0 Å². The molecule has 2 fully saturated rings. The van der Waals surface area contributed by atoms with Crippen molar-refractivity contribution in [2.75, 3.05) is 32.8 Å². The van der Waals surface area contributed by atoms with Crippen LogP contribution in [0.15, 0.2) is 24.3 Å². The number of benzene rings is 1. The number of piperidine rings is 2. The van der Waals surface area contributed by atoms with Gasteiger partial charge in [-0.3, -0.25) is 38.7 Å².